The largest absolute Gasteiger partial charge is 0.338 e. The van der Waals surface area contributed by atoms with Gasteiger partial charge in [-0.05, 0) is 43.4 Å². The van der Waals surface area contributed by atoms with Crippen molar-refractivity contribution in [3.8, 4) is 0 Å². The molecule has 3 rings (SSSR count). The Kier molecular flexibility index (Phi) is 5.86. The molecule has 0 radical (unpaired) electrons. The van der Waals surface area contributed by atoms with E-state index in [-0.39, 0.29) is 6.03 Å². The van der Waals surface area contributed by atoms with Gasteiger partial charge in [0.05, 0.1) is 13.1 Å². The van der Waals surface area contributed by atoms with Gasteiger partial charge in [-0.15, -0.1) is 0 Å². The molecule has 0 unspecified atom stereocenters. The van der Waals surface area contributed by atoms with Crippen LogP contribution in [-0.4, -0.2) is 33.6 Å². The number of halogens is 2. The lowest BCUT2D eigenvalue weighted by atomic mass is 10.2. The molecule has 1 aromatic heterocycles. The van der Waals surface area contributed by atoms with Gasteiger partial charge in [-0.1, -0.05) is 29.3 Å². The highest BCUT2D eigenvalue weighted by Crippen LogP contribution is 2.30. The Morgan fingerprint density at radius 2 is 2.20 bits per heavy atom. The van der Waals surface area contributed by atoms with Crippen molar-refractivity contribution in [2.45, 2.75) is 32.9 Å². The summed E-state index contributed by atoms with van der Waals surface area (Å²) in [7, 11) is 0. The molecule has 134 valence electrons. The van der Waals surface area contributed by atoms with Crippen molar-refractivity contribution < 1.29 is 4.79 Å². The average Bonchev–Trinajstić information content (AvgIpc) is 3.28. The number of aromatic nitrogens is 2. The second kappa shape index (κ2) is 8.11. The molecule has 1 saturated carbocycles. The van der Waals surface area contributed by atoms with Crippen LogP contribution in [0.15, 0.2) is 30.6 Å². The summed E-state index contributed by atoms with van der Waals surface area (Å²) in [4.78, 5) is 18.6. The van der Waals surface area contributed by atoms with E-state index in [4.69, 9.17) is 23.2 Å². The summed E-state index contributed by atoms with van der Waals surface area (Å²) in [5.41, 5.74) is 0.970. The van der Waals surface area contributed by atoms with E-state index in [1.807, 2.05) is 34.7 Å². The van der Waals surface area contributed by atoms with Crippen LogP contribution in [0.1, 0.15) is 31.2 Å². The SMILES string of the molecule is CCNC(=O)N(Cc1nccn1Cc1ccc(Cl)cc1Cl)CC1CC1. The molecule has 25 heavy (non-hydrogen) atoms. The summed E-state index contributed by atoms with van der Waals surface area (Å²) >= 11 is 12.2. The number of rotatable bonds is 7. The van der Waals surface area contributed by atoms with Crippen LogP contribution >= 0.6 is 23.2 Å². The first-order valence-corrected chi connectivity index (χ1v) is 9.29. The third kappa shape index (κ3) is 4.89. The first-order valence-electron chi connectivity index (χ1n) is 8.53. The van der Waals surface area contributed by atoms with E-state index in [1.165, 1.54) is 12.8 Å². The third-order valence-corrected chi connectivity index (χ3v) is 4.87. The molecule has 1 heterocycles. The topological polar surface area (TPSA) is 50.2 Å². The van der Waals surface area contributed by atoms with Crippen molar-refractivity contribution in [3.63, 3.8) is 0 Å². The summed E-state index contributed by atoms with van der Waals surface area (Å²) in [6, 6.07) is 5.45. The average molecular weight is 381 g/mol. The number of nitrogens with one attached hydrogen (secondary N) is 1. The zero-order chi connectivity index (χ0) is 17.8. The van der Waals surface area contributed by atoms with Crippen LogP contribution in [0.25, 0.3) is 0 Å². The van der Waals surface area contributed by atoms with E-state index in [2.05, 4.69) is 10.3 Å². The van der Waals surface area contributed by atoms with Gasteiger partial charge in [-0.2, -0.15) is 0 Å². The third-order valence-electron chi connectivity index (χ3n) is 4.28. The number of hydrogen-bond donors (Lipinski definition) is 1. The lowest BCUT2D eigenvalue weighted by Gasteiger charge is -2.23. The van der Waals surface area contributed by atoms with E-state index in [0.29, 0.717) is 35.6 Å². The number of urea groups is 1. The molecule has 1 N–H and O–H groups in total. The Balaban J connectivity index is 1.73. The molecule has 1 aromatic carbocycles. The van der Waals surface area contributed by atoms with Crippen molar-refractivity contribution in [3.05, 3.63) is 52.0 Å². The molecule has 2 amide bonds. The molecule has 0 saturated heterocycles. The number of benzene rings is 1. The van der Waals surface area contributed by atoms with Gasteiger partial charge >= 0.3 is 6.03 Å². The number of nitrogens with zero attached hydrogens (tertiary/aromatic N) is 3. The van der Waals surface area contributed by atoms with Gasteiger partial charge in [-0.25, -0.2) is 9.78 Å². The summed E-state index contributed by atoms with van der Waals surface area (Å²) < 4.78 is 2.02. The maximum absolute atomic E-state index is 12.3. The summed E-state index contributed by atoms with van der Waals surface area (Å²) in [5.74, 6) is 1.47. The smallest absolute Gasteiger partial charge is 0.317 e. The summed E-state index contributed by atoms with van der Waals surface area (Å²) in [6.07, 6.45) is 6.06. The van der Waals surface area contributed by atoms with Crippen molar-refractivity contribution in [2.24, 2.45) is 5.92 Å². The molecule has 0 spiro atoms. The van der Waals surface area contributed by atoms with Crippen LogP contribution in [0.3, 0.4) is 0 Å². The zero-order valence-electron chi connectivity index (χ0n) is 14.2. The van der Waals surface area contributed by atoms with Gasteiger partial charge < -0.3 is 14.8 Å². The van der Waals surface area contributed by atoms with E-state index < -0.39 is 0 Å². The Morgan fingerprint density at radius 3 is 2.88 bits per heavy atom. The molecule has 0 aliphatic heterocycles. The predicted molar refractivity (Wildman–Crippen MR) is 100.0 cm³/mol. The molecular weight excluding hydrogens is 359 g/mol. The van der Waals surface area contributed by atoms with Gasteiger partial charge in [0.25, 0.3) is 0 Å². The summed E-state index contributed by atoms with van der Waals surface area (Å²) in [5, 5.41) is 4.14. The molecule has 1 aliphatic rings. The maximum atomic E-state index is 12.3. The minimum atomic E-state index is -0.0338. The first kappa shape index (κ1) is 18.1. The maximum Gasteiger partial charge on any atom is 0.317 e. The van der Waals surface area contributed by atoms with Crippen LogP contribution in [0, 0.1) is 5.92 Å². The number of carbonyl (C=O) groups excluding carboxylic acids is 1. The van der Waals surface area contributed by atoms with Gasteiger partial charge in [-0.3, -0.25) is 0 Å². The Hall–Kier alpha value is -1.72. The molecule has 2 aromatic rings. The molecular formula is C18H22Cl2N4O. The minimum absolute atomic E-state index is 0.0338. The minimum Gasteiger partial charge on any atom is -0.338 e. The Morgan fingerprint density at radius 1 is 1.40 bits per heavy atom. The highest BCUT2D eigenvalue weighted by atomic mass is 35.5. The van der Waals surface area contributed by atoms with E-state index in [1.54, 1.807) is 12.3 Å². The van der Waals surface area contributed by atoms with Gasteiger partial charge in [0.2, 0.25) is 0 Å². The summed E-state index contributed by atoms with van der Waals surface area (Å²) in [6.45, 7) is 4.41. The Bertz CT molecular complexity index is 742. The second-order valence-electron chi connectivity index (χ2n) is 6.37. The normalized spacial score (nSPS) is 13.7. The quantitative estimate of drug-likeness (QED) is 0.782. The molecule has 1 fully saturated rings. The van der Waals surface area contributed by atoms with Crippen LogP contribution in [0.4, 0.5) is 4.79 Å². The number of imidazole rings is 1. The fourth-order valence-corrected chi connectivity index (χ4v) is 3.20. The molecule has 0 atom stereocenters. The van der Waals surface area contributed by atoms with Crippen LogP contribution in [-0.2, 0) is 13.1 Å². The number of hydrogen-bond acceptors (Lipinski definition) is 2. The first-order chi connectivity index (χ1) is 12.1. The van der Waals surface area contributed by atoms with E-state index in [9.17, 15) is 4.79 Å². The fourth-order valence-electron chi connectivity index (χ4n) is 2.73. The van der Waals surface area contributed by atoms with E-state index in [0.717, 1.165) is 17.9 Å². The number of carbonyl (C=O) groups is 1. The van der Waals surface area contributed by atoms with Crippen molar-refractivity contribution in [1.82, 2.24) is 19.8 Å². The molecule has 7 heteroatoms. The van der Waals surface area contributed by atoms with Crippen molar-refractivity contribution >= 4 is 29.2 Å². The van der Waals surface area contributed by atoms with Crippen LogP contribution in [0.5, 0.6) is 0 Å². The van der Waals surface area contributed by atoms with Crippen LogP contribution < -0.4 is 5.32 Å². The molecule has 0 bridgehead atoms. The Labute approximate surface area is 157 Å². The van der Waals surface area contributed by atoms with E-state index >= 15 is 0 Å². The zero-order valence-corrected chi connectivity index (χ0v) is 15.7. The fraction of sp³-hybridized carbons (Fsp3) is 0.444. The van der Waals surface area contributed by atoms with Crippen molar-refractivity contribution in [1.29, 1.82) is 0 Å². The van der Waals surface area contributed by atoms with Crippen LogP contribution in [0.2, 0.25) is 10.0 Å². The molecule has 5 nitrogen and oxygen atoms in total. The predicted octanol–water partition coefficient (Wildman–Crippen LogP) is 4.18. The van der Waals surface area contributed by atoms with Gasteiger partial charge in [0.15, 0.2) is 0 Å². The lowest BCUT2D eigenvalue weighted by Crippen LogP contribution is -2.41. The van der Waals surface area contributed by atoms with Gasteiger partial charge in [0, 0.05) is 35.5 Å². The lowest BCUT2D eigenvalue weighted by molar-refractivity contribution is 0.191. The highest BCUT2D eigenvalue weighted by Gasteiger charge is 2.27. The monoisotopic (exact) mass is 380 g/mol. The molecule has 1 aliphatic carbocycles. The number of amides is 2. The van der Waals surface area contributed by atoms with Gasteiger partial charge in [0.1, 0.15) is 5.82 Å². The highest BCUT2D eigenvalue weighted by molar-refractivity contribution is 6.35. The van der Waals surface area contributed by atoms with Crippen molar-refractivity contribution in [2.75, 3.05) is 13.1 Å². The second-order valence-corrected chi connectivity index (χ2v) is 7.21. The standard InChI is InChI=1S/C18H22Cl2N4O/c1-2-21-18(25)24(10-13-3-4-13)12-17-22-7-8-23(17)11-14-5-6-15(19)9-16(14)20/h5-9,13H,2-4,10-12H2,1H3,(H,21,25).